The van der Waals surface area contributed by atoms with Crippen molar-refractivity contribution in [3.05, 3.63) is 40.7 Å². The number of rotatable bonds is 2. The van der Waals surface area contributed by atoms with Crippen LogP contribution in [0.4, 0.5) is 0 Å². The van der Waals surface area contributed by atoms with E-state index in [1.54, 1.807) is 30.3 Å². The van der Waals surface area contributed by atoms with Crippen LogP contribution >= 0.6 is 0 Å². The van der Waals surface area contributed by atoms with Gasteiger partial charge < -0.3 is 29.0 Å². The minimum atomic E-state index is -0.307. The predicted molar refractivity (Wildman–Crippen MR) is 100 cm³/mol. The average Bonchev–Trinajstić information content (AvgIpc) is 3.14. The van der Waals surface area contributed by atoms with E-state index in [2.05, 4.69) is 4.98 Å². The van der Waals surface area contributed by atoms with Crippen LogP contribution in [0.2, 0.25) is 0 Å². The molecule has 27 heavy (non-hydrogen) atoms. The van der Waals surface area contributed by atoms with Gasteiger partial charge in [0.05, 0.1) is 25.1 Å². The van der Waals surface area contributed by atoms with Crippen molar-refractivity contribution in [1.82, 2.24) is 4.98 Å². The standard InChI is InChI=1S/C20H15NO6/c1-24-14-4-3-9-11-5-13(22)10-6-15-16(27-8-26-15)7-12(10)18(11)21-20(23)17(9)19(14)25-2/h3-7,22H,8H2,1-2H3,(H,21,23). The lowest BCUT2D eigenvalue weighted by atomic mass is 9.99. The normalized spacial score (nSPS) is 12.8. The van der Waals surface area contributed by atoms with Crippen LogP contribution in [0.3, 0.4) is 0 Å². The molecule has 0 spiro atoms. The summed E-state index contributed by atoms with van der Waals surface area (Å²) in [5.74, 6) is 2.03. The molecule has 2 N–H and O–H groups in total. The number of H-pyrrole nitrogens is 1. The number of hydrogen-bond donors (Lipinski definition) is 2. The second-order valence-electron chi connectivity index (χ2n) is 6.25. The summed E-state index contributed by atoms with van der Waals surface area (Å²) in [6.07, 6.45) is 0. The molecule has 5 rings (SSSR count). The summed E-state index contributed by atoms with van der Waals surface area (Å²) in [6, 6.07) is 8.63. The predicted octanol–water partition coefficient (Wildman–Crippen LogP) is 3.29. The van der Waals surface area contributed by atoms with Gasteiger partial charge in [-0.3, -0.25) is 4.79 Å². The first-order valence-electron chi connectivity index (χ1n) is 8.28. The molecule has 0 unspecified atom stereocenters. The highest BCUT2D eigenvalue weighted by Crippen LogP contribution is 2.43. The van der Waals surface area contributed by atoms with E-state index in [4.69, 9.17) is 18.9 Å². The third kappa shape index (κ3) is 2.05. The number of methoxy groups -OCH3 is 2. The molecule has 1 aromatic heterocycles. The maximum Gasteiger partial charge on any atom is 0.260 e. The third-order valence-corrected chi connectivity index (χ3v) is 4.91. The van der Waals surface area contributed by atoms with Crippen LogP contribution < -0.4 is 24.5 Å². The van der Waals surface area contributed by atoms with Crippen LogP contribution in [0.5, 0.6) is 28.7 Å². The van der Waals surface area contributed by atoms with Gasteiger partial charge in [-0.25, -0.2) is 0 Å². The van der Waals surface area contributed by atoms with Crippen molar-refractivity contribution in [3.8, 4) is 28.7 Å². The molecule has 1 aliphatic rings. The van der Waals surface area contributed by atoms with Crippen molar-refractivity contribution in [2.45, 2.75) is 0 Å². The highest BCUT2D eigenvalue weighted by atomic mass is 16.7. The molecule has 1 aliphatic heterocycles. The summed E-state index contributed by atoms with van der Waals surface area (Å²) in [6.45, 7) is 0.126. The lowest BCUT2D eigenvalue weighted by Gasteiger charge is -2.13. The molecular formula is C20H15NO6. The highest BCUT2D eigenvalue weighted by molar-refractivity contribution is 6.18. The molecule has 0 atom stereocenters. The number of benzene rings is 3. The number of aromatic hydroxyl groups is 1. The molecule has 0 fully saturated rings. The lowest BCUT2D eigenvalue weighted by Crippen LogP contribution is -2.09. The molecule has 0 radical (unpaired) electrons. The fraction of sp³-hybridized carbons (Fsp3) is 0.150. The Kier molecular flexibility index (Phi) is 3.15. The number of pyridine rings is 1. The van der Waals surface area contributed by atoms with Crippen LogP contribution in [0.1, 0.15) is 0 Å². The van der Waals surface area contributed by atoms with Crippen LogP contribution in [0.15, 0.2) is 35.1 Å². The summed E-state index contributed by atoms with van der Waals surface area (Å²) in [7, 11) is 3.00. The molecule has 0 amide bonds. The van der Waals surface area contributed by atoms with Crippen molar-refractivity contribution in [2.24, 2.45) is 0 Å². The number of phenolic OH excluding ortho intramolecular Hbond substituents is 1. The highest BCUT2D eigenvalue weighted by Gasteiger charge is 2.20. The first kappa shape index (κ1) is 15.6. The Morgan fingerprint density at radius 2 is 1.67 bits per heavy atom. The van der Waals surface area contributed by atoms with E-state index in [0.29, 0.717) is 55.4 Å². The fourth-order valence-corrected chi connectivity index (χ4v) is 3.69. The van der Waals surface area contributed by atoms with Gasteiger partial charge in [0.15, 0.2) is 23.0 Å². The van der Waals surface area contributed by atoms with Crippen LogP contribution in [-0.4, -0.2) is 31.1 Å². The number of nitrogens with one attached hydrogen (secondary N) is 1. The van der Waals surface area contributed by atoms with Crippen LogP contribution in [0, 0.1) is 0 Å². The van der Waals surface area contributed by atoms with Crippen LogP contribution in [0.25, 0.3) is 32.4 Å². The molecule has 0 saturated heterocycles. The van der Waals surface area contributed by atoms with Gasteiger partial charge >= 0.3 is 0 Å². The third-order valence-electron chi connectivity index (χ3n) is 4.91. The Balaban J connectivity index is 1.99. The Morgan fingerprint density at radius 3 is 2.37 bits per heavy atom. The zero-order chi connectivity index (χ0) is 18.7. The molecule has 2 heterocycles. The molecule has 7 heteroatoms. The van der Waals surface area contributed by atoms with E-state index in [-0.39, 0.29) is 18.1 Å². The second-order valence-corrected chi connectivity index (χ2v) is 6.25. The number of hydrogen-bond acceptors (Lipinski definition) is 6. The smallest absolute Gasteiger partial charge is 0.260 e. The molecule has 3 aromatic carbocycles. The molecule has 136 valence electrons. The van der Waals surface area contributed by atoms with Crippen molar-refractivity contribution in [2.75, 3.05) is 21.0 Å². The molecule has 7 nitrogen and oxygen atoms in total. The van der Waals surface area contributed by atoms with Gasteiger partial charge in [-0.15, -0.1) is 0 Å². The number of ether oxygens (including phenoxy) is 4. The number of aromatic amines is 1. The minimum absolute atomic E-state index is 0.0823. The fourth-order valence-electron chi connectivity index (χ4n) is 3.69. The summed E-state index contributed by atoms with van der Waals surface area (Å²) in [5, 5.41) is 13.6. The Labute approximate surface area is 152 Å². The second kappa shape index (κ2) is 5.44. The largest absolute Gasteiger partial charge is 0.507 e. The summed E-state index contributed by atoms with van der Waals surface area (Å²) < 4.78 is 21.5. The van der Waals surface area contributed by atoms with E-state index >= 15 is 0 Å². The molecule has 4 aromatic rings. The van der Waals surface area contributed by atoms with E-state index in [1.807, 2.05) is 0 Å². The van der Waals surface area contributed by atoms with E-state index in [9.17, 15) is 9.90 Å². The van der Waals surface area contributed by atoms with Gasteiger partial charge in [-0.05, 0) is 30.3 Å². The van der Waals surface area contributed by atoms with Gasteiger partial charge in [0.25, 0.3) is 5.56 Å². The van der Waals surface area contributed by atoms with Gasteiger partial charge in [0, 0.05) is 21.5 Å². The summed E-state index contributed by atoms with van der Waals surface area (Å²) in [5.41, 5.74) is 0.295. The molecule has 0 aliphatic carbocycles. The first-order valence-corrected chi connectivity index (χ1v) is 8.28. The van der Waals surface area contributed by atoms with Crippen molar-refractivity contribution >= 4 is 32.4 Å². The average molecular weight is 365 g/mol. The minimum Gasteiger partial charge on any atom is -0.507 e. The van der Waals surface area contributed by atoms with Crippen molar-refractivity contribution in [3.63, 3.8) is 0 Å². The monoisotopic (exact) mass is 365 g/mol. The first-order chi connectivity index (χ1) is 13.1. The SMILES string of the molecule is COc1ccc2c(c1OC)c(=O)[nH]c1c3cc4c(cc3c(O)cc21)OCO4. The van der Waals surface area contributed by atoms with Gasteiger partial charge in [0.2, 0.25) is 6.79 Å². The zero-order valence-corrected chi connectivity index (χ0v) is 14.6. The van der Waals surface area contributed by atoms with Crippen molar-refractivity contribution < 1.29 is 24.1 Å². The van der Waals surface area contributed by atoms with Gasteiger partial charge in [-0.2, -0.15) is 0 Å². The molecule has 0 saturated carbocycles. The van der Waals surface area contributed by atoms with Crippen molar-refractivity contribution in [1.29, 1.82) is 0 Å². The maximum absolute atomic E-state index is 12.9. The maximum atomic E-state index is 12.9. The lowest BCUT2D eigenvalue weighted by molar-refractivity contribution is 0.174. The molecule has 0 bridgehead atoms. The quantitative estimate of drug-likeness (QED) is 0.530. The van der Waals surface area contributed by atoms with Crippen LogP contribution in [-0.2, 0) is 0 Å². The number of phenols is 1. The Bertz CT molecular complexity index is 1310. The van der Waals surface area contributed by atoms with Gasteiger partial charge in [-0.1, -0.05) is 0 Å². The number of fused-ring (bicyclic) bond motifs is 6. The van der Waals surface area contributed by atoms with Gasteiger partial charge in [0.1, 0.15) is 5.75 Å². The van der Waals surface area contributed by atoms with E-state index in [0.717, 1.165) is 0 Å². The Hall–Kier alpha value is -3.61. The van der Waals surface area contributed by atoms with E-state index < -0.39 is 0 Å². The Morgan fingerprint density at radius 1 is 0.963 bits per heavy atom. The number of aromatic nitrogens is 1. The summed E-state index contributed by atoms with van der Waals surface area (Å²) in [4.78, 5) is 15.8. The summed E-state index contributed by atoms with van der Waals surface area (Å²) >= 11 is 0. The zero-order valence-electron chi connectivity index (χ0n) is 14.6. The molecular weight excluding hydrogens is 350 g/mol. The van der Waals surface area contributed by atoms with E-state index in [1.165, 1.54) is 14.2 Å². The topological polar surface area (TPSA) is 90.0 Å².